The van der Waals surface area contributed by atoms with Crippen LogP contribution in [0.15, 0.2) is 23.1 Å². The maximum atomic E-state index is 11.2. The second-order valence-electron chi connectivity index (χ2n) is 4.83. The number of sulfone groups is 1. The molecule has 2 aromatic rings. The highest BCUT2D eigenvalue weighted by Gasteiger charge is 2.37. The lowest BCUT2D eigenvalue weighted by atomic mass is 10.1. The van der Waals surface area contributed by atoms with Crippen molar-refractivity contribution in [1.29, 1.82) is 0 Å². The summed E-state index contributed by atoms with van der Waals surface area (Å²) >= 11 is 3.43. The number of hydrogen-bond donors (Lipinski definition) is 1. The van der Waals surface area contributed by atoms with Gasteiger partial charge < -0.3 is 5.32 Å². The quantitative estimate of drug-likeness (QED) is 0.909. The van der Waals surface area contributed by atoms with Crippen LogP contribution in [-0.2, 0) is 9.84 Å². The summed E-state index contributed by atoms with van der Waals surface area (Å²) in [4.78, 5) is 4.31. The smallest absolute Gasteiger partial charge is 0.153 e. The van der Waals surface area contributed by atoms with E-state index in [0.29, 0.717) is 5.82 Å². The van der Waals surface area contributed by atoms with Crippen molar-refractivity contribution < 1.29 is 8.42 Å². The lowest BCUT2D eigenvalue weighted by molar-refractivity contribution is 0.484. The van der Waals surface area contributed by atoms with Crippen molar-refractivity contribution in [2.75, 3.05) is 16.8 Å². The van der Waals surface area contributed by atoms with Gasteiger partial charge in [0.25, 0.3) is 0 Å². The van der Waals surface area contributed by atoms with Gasteiger partial charge in [0.2, 0.25) is 0 Å². The normalized spacial score (nSPS) is 20.1. The zero-order valence-corrected chi connectivity index (χ0v) is 12.6. The molecule has 1 unspecified atom stereocenters. The molecule has 1 atom stereocenters. The van der Waals surface area contributed by atoms with Gasteiger partial charge in [-0.3, -0.25) is 0 Å². The highest BCUT2D eigenvalue weighted by atomic mass is 79.9. The molecule has 0 spiro atoms. The number of aromatic nitrogens is 3. The molecule has 3 heterocycles. The van der Waals surface area contributed by atoms with Crippen LogP contribution in [0.25, 0.3) is 5.52 Å². The number of halogens is 1. The van der Waals surface area contributed by atoms with E-state index in [4.69, 9.17) is 0 Å². The van der Waals surface area contributed by atoms with Gasteiger partial charge in [-0.05, 0) is 22.9 Å². The van der Waals surface area contributed by atoms with Gasteiger partial charge >= 0.3 is 0 Å². The highest BCUT2D eigenvalue weighted by Crippen LogP contribution is 2.27. The Morgan fingerprint density at radius 3 is 2.95 bits per heavy atom. The summed E-state index contributed by atoms with van der Waals surface area (Å²) in [6, 6.07) is 0.0593. The monoisotopic (exact) mass is 344 g/mol. The van der Waals surface area contributed by atoms with E-state index in [1.54, 1.807) is 23.1 Å². The van der Waals surface area contributed by atoms with Gasteiger partial charge in [0.05, 0.1) is 22.2 Å². The maximum absolute atomic E-state index is 11.2. The molecule has 0 bridgehead atoms. The SMILES string of the molecule is CC(Nc1nccn2ncc(Br)c12)C1CS(=O)(=O)C1. The average Bonchev–Trinajstić information content (AvgIpc) is 2.69. The van der Waals surface area contributed by atoms with E-state index in [9.17, 15) is 8.42 Å². The first-order valence-corrected chi connectivity index (χ1v) is 8.52. The average molecular weight is 345 g/mol. The van der Waals surface area contributed by atoms with Crippen molar-refractivity contribution in [2.45, 2.75) is 13.0 Å². The number of anilines is 1. The minimum Gasteiger partial charge on any atom is -0.365 e. The fraction of sp³-hybridized carbons (Fsp3) is 0.455. The minimum absolute atomic E-state index is 0.0593. The van der Waals surface area contributed by atoms with Crippen molar-refractivity contribution in [3.8, 4) is 0 Å². The summed E-state index contributed by atoms with van der Waals surface area (Å²) in [6.45, 7) is 1.98. The number of hydrogen-bond acceptors (Lipinski definition) is 5. The van der Waals surface area contributed by atoms with E-state index in [-0.39, 0.29) is 23.5 Å². The second-order valence-corrected chi connectivity index (χ2v) is 7.84. The molecular formula is C11H13BrN4O2S. The molecule has 0 aliphatic carbocycles. The Morgan fingerprint density at radius 1 is 1.53 bits per heavy atom. The fourth-order valence-corrected chi connectivity index (χ4v) is 4.48. The van der Waals surface area contributed by atoms with Crippen LogP contribution < -0.4 is 5.32 Å². The highest BCUT2D eigenvalue weighted by molar-refractivity contribution is 9.10. The molecule has 102 valence electrons. The zero-order valence-electron chi connectivity index (χ0n) is 10.2. The number of fused-ring (bicyclic) bond motifs is 1. The van der Waals surface area contributed by atoms with Crippen molar-refractivity contribution in [1.82, 2.24) is 14.6 Å². The number of nitrogens with zero attached hydrogens (tertiary/aromatic N) is 3. The molecule has 0 saturated carbocycles. The van der Waals surface area contributed by atoms with E-state index in [2.05, 4.69) is 31.3 Å². The molecule has 1 saturated heterocycles. The summed E-state index contributed by atoms with van der Waals surface area (Å²) < 4.78 is 25.0. The number of rotatable bonds is 3. The molecule has 3 rings (SSSR count). The Bertz CT molecular complexity index is 715. The van der Waals surface area contributed by atoms with Crippen LogP contribution in [0.5, 0.6) is 0 Å². The Hall–Kier alpha value is -1.15. The predicted molar refractivity (Wildman–Crippen MR) is 75.9 cm³/mol. The van der Waals surface area contributed by atoms with E-state index in [1.165, 1.54) is 0 Å². The summed E-state index contributed by atoms with van der Waals surface area (Å²) in [7, 11) is -2.80. The molecule has 1 aliphatic heterocycles. The Labute approximate surface area is 119 Å². The van der Waals surface area contributed by atoms with Crippen LogP contribution >= 0.6 is 15.9 Å². The molecule has 1 N–H and O–H groups in total. The van der Waals surface area contributed by atoms with Crippen molar-refractivity contribution >= 4 is 37.1 Å². The van der Waals surface area contributed by atoms with E-state index in [1.807, 2.05) is 6.92 Å². The molecule has 8 heteroatoms. The van der Waals surface area contributed by atoms with Gasteiger partial charge in [-0.1, -0.05) is 0 Å². The predicted octanol–water partition coefficient (Wildman–Crippen LogP) is 1.34. The van der Waals surface area contributed by atoms with Crippen LogP contribution in [-0.4, -0.2) is 40.6 Å². The first-order valence-electron chi connectivity index (χ1n) is 5.91. The van der Waals surface area contributed by atoms with Gasteiger partial charge in [0.15, 0.2) is 15.7 Å². The van der Waals surface area contributed by atoms with Gasteiger partial charge in [0.1, 0.15) is 5.52 Å². The van der Waals surface area contributed by atoms with Crippen LogP contribution in [0.1, 0.15) is 6.92 Å². The molecule has 1 fully saturated rings. The molecular weight excluding hydrogens is 332 g/mol. The summed E-state index contributed by atoms with van der Waals surface area (Å²) in [5.41, 5.74) is 0.858. The molecule has 2 aromatic heterocycles. The van der Waals surface area contributed by atoms with E-state index < -0.39 is 9.84 Å². The van der Waals surface area contributed by atoms with Crippen molar-refractivity contribution in [3.05, 3.63) is 23.1 Å². The molecule has 0 amide bonds. The fourth-order valence-electron chi connectivity index (χ4n) is 2.24. The van der Waals surface area contributed by atoms with Crippen LogP contribution in [0.4, 0.5) is 5.82 Å². The topological polar surface area (TPSA) is 76.4 Å². The first kappa shape index (κ1) is 12.9. The van der Waals surface area contributed by atoms with Gasteiger partial charge in [-0.25, -0.2) is 17.9 Å². The van der Waals surface area contributed by atoms with Gasteiger partial charge in [-0.15, -0.1) is 0 Å². The van der Waals surface area contributed by atoms with Gasteiger partial charge in [-0.2, -0.15) is 5.10 Å². The standard InChI is InChI=1S/C11H13BrN4O2S/c1-7(8-5-19(17,18)6-8)15-11-10-9(12)4-14-16(10)3-2-13-11/h2-4,7-8H,5-6H2,1H3,(H,13,15). The third-order valence-electron chi connectivity index (χ3n) is 3.39. The first-order chi connectivity index (χ1) is 8.96. The summed E-state index contributed by atoms with van der Waals surface area (Å²) in [5.74, 6) is 1.37. The lowest BCUT2D eigenvalue weighted by Gasteiger charge is -2.32. The second kappa shape index (κ2) is 4.45. The van der Waals surface area contributed by atoms with Crippen LogP contribution in [0.3, 0.4) is 0 Å². The molecule has 1 aliphatic rings. The zero-order chi connectivity index (χ0) is 13.6. The third kappa shape index (κ3) is 2.34. The van der Waals surface area contributed by atoms with E-state index in [0.717, 1.165) is 9.99 Å². The lowest BCUT2D eigenvalue weighted by Crippen LogP contribution is -2.45. The molecule has 0 radical (unpaired) electrons. The largest absolute Gasteiger partial charge is 0.365 e. The third-order valence-corrected chi connectivity index (χ3v) is 5.85. The van der Waals surface area contributed by atoms with Gasteiger partial charge in [0, 0.05) is 24.4 Å². The number of nitrogens with one attached hydrogen (secondary N) is 1. The van der Waals surface area contributed by atoms with E-state index >= 15 is 0 Å². The van der Waals surface area contributed by atoms with Crippen LogP contribution in [0, 0.1) is 5.92 Å². The van der Waals surface area contributed by atoms with Crippen molar-refractivity contribution in [2.24, 2.45) is 5.92 Å². The Kier molecular flexibility index (Phi) is 3.01. The Balaban J connectivity index is 1.84. The molecule has 0 aromatic carbocycles. The minimum atomic E-state index is -2.80. The van der Waals surface area contributed by atoms with Crippen molar-refractivity contribution in [3.63, 3.8) is 0 Å². The summed E-state index contributed by atoms with van der Waals surface area (Å²) in [5, 5.41) is 7.47. The van der Waals surface area contributed by atoms with Crippen LogP contribution in [0.2, 0.25) is 0 Å². The molecule has 19 heavy (non-hydrogen) atoms. The maximum Gasteiger partial charge on any atom is 0.153 e. The Morgan fingerprint density at radius 2 is 2.26 bits per heavy atom. The summed E-state index contributed by atoms with van der Waals surface area (Å²) in [6.07, 6.45) is 5.14. The molecule has 6 nitrogen and oxygen atoms in total.